The van der Waals surface area contributed by atoms with Crippen LogP contribution in [0.3, 0.4) is 0 Å². The van der Waals surface area contributed by atoms with Gasteiger partial charge < -0.3 is 20.4 Å². The van der Waals surface area contributed by atoms with E-state index >= 15 is 0 Å². The largest absolute Gasteiger partial charge is 0.508 e. The number of carbonyl (C=O) groups excluding carboxylic acids is 1. The zero-order valence-corrected chi connectivity index (χ0v) is 25.7. The maximum absolute atomic E-state index is 10.7. The summed E-state index contributed by atoms with van der Waals surface area (Å²) in [6, 6.07) is 7.31. The number of aromatic nitrogens is 2. The molecule has 1 aromatic heterocycles. The number of hydrogen-bond donors (Lipinski definition) is 3. The van der Waals surface area contributed by atoms with Crippen molar-refractivity contribution in [1.29, 1.82) is 5.26 Å². The summed E-state index contributed by atoms with van der Waals surface area (Å²) in [6.07, 6.45) is 9.21. The van der Waals surface area contributed by atoms with Crippen LogP contribution in [0.2, 0.25) is 5.02 Å². The molecule has 3 aliphatic rings. The van der Waals surface area contributed by atoms with Gasteiger partial charge in [-0.15, -0.1) is 0 Å². The van der Waals surface area contributed by atoms with Crippen molar-refractivity contribution in [1.82, 2.24) is 20.2 Å². The fourth-order valence-electron chi connectivity index (χ4n) is 6.92. The Kier molecular flexibility index (Phi) is 11.5. The number of aldehydes is 1. The summed E-state index contributed by atoms with van der Waals surface area (Å²) in [7, 11) is 2.06. The molecule has 0 radical (unpaired) electrons. The summed E-state index contributed by atoms with van der Waals surface area (Å²) in [6.45, 7) is 13.2. The van der Waals surface area contributed by atoms with E-state index in [1.54, 1.807) is 12.4 Å². The number of nitrogens with one attached hydrogen (secondary N) is 1. The highest BCUT2D eigenvalue weighted by Crippen LogP contribution is 2.53. The second kappa shape index (κ2) is 14.4. The van der Waals surface area contributed by atoms with Crippen LogP contribution < -0.4 is 10.2 Å². The molecule has 1 aliphatic carbocycles. The SMILES string of the molecule is CNC1C(C)(C)CC1(C)C.N#Cc1ccc(O)cc1Cl.O=Cc1cnc(N2CCCC(N3CCC(O)CC3)C2)nc1. The Labute approximate surface area is 249 Å². The Bertz CT molecular complexity index is 1160. The molecule has 10 heteroatoms. The Balaban J connectivity index is 0.000000193. The van der Waals surface area contributed by atoms with E-state index in [4.69, 9.17) is 22.0 Å². The van der Waals surface area contributed by atoms with Gasteiger partial charge in [0.25, 0.3) is 0 Å². The zero-order chi connectivity index (χ0) is 30.2. The molecular formula is C31H45ClN6O3. The number of benzene rings is 1. The van der Waals surface area contributed by atoms with Crippen LogP contribution >= 0.6 is 11.6 Å². The van der Waals surface area contributed by atoms with E-state index in [9.17, 15) is 9.90 Å². The van der Waals surface area contributed by atoms with Crippen molar-refractivity contribution in [2.45, 2.75) is 78.0 Å². The number of nitriles is 1. The molecule has 1 saturated carbocycles. The topological polar surface area (TPSA) is 126 Å². The average Bonchev–Trinajstić information content (AvgIpc) is 2.93. The van der Waals surface area contributed by atoms with Crippen LogP contribution in [0.1, 0.15) is 75.7 Å². The second-order valence-corrected chi connectivity index (χ2v) is 13.0. The predicted octanol–water partition coefficient (Wildman–Crippen LogP) is 4.66. The Morgan fingerprint density at radius 3 is 2.22 bits per heavy atom. The number of aliphatic hydroxyl groups excluding tert-OH is 1. The number of phenols is 1. The normalized spacial score (nSPS) is 22.2. The maximum Gasteiger partial charge on any atom is 0.225 e. The van der Waals surface area contributed by atoms with E-state index in [0.717, 1.165) is 51.7 Å². The van der Waals surface area contributed by atoms with E-state index in [0.29, 0.717) is 40.0 Å². The summed E-state index contributed by atoms with van der Waals surface area (Å²) >= 11 is 5.55. The number of carbonyl (C=O) groups is 1. The number of anilines is 1. The number of halogens is 1. The van der Waals surface area contributed by atoms with E-state index in [1.807, 2.05) is 6.07 Å². The van der Waals surface area contributed by atoms with Crippen LogP contribution in [-0.2, 0) is 0 Å². The predicted molar refractivity (Wildman–Crippen MR) is 162 cm³/mol. The van der Waals surface area contributed by atoms with Gasteiger partial charge in [0.2, 0.25) is 5.95 Å². The third-order valence-electron chi connectivity index (χ3n) is 8.33. The van der Waals surface area contributed by atoms with Gasteiger partial charge in [0.1, 0.15) is 11.8 Å². The molecule has 224 valence electrons. The van der Waals surface area contributed by atoms with Gasteiger partial charge in [-0.3, -0.25) is 9.69 Å². The van der Waals surface area contributed by atoms with Crippen molar-refractivity contribution in [3.63, 3.8) is 0 Å². The standard InChI is InChI=1S/C15H22N4O2.C9H19N.C7H4ClNO/c20-11-12-8-16-15(17-9-12)19-5-1-2-13(10-19)18-6-3-14(21)4-7-18;1-8(2)6-9(3,4)7(8)10-5;8-7-3-6(10)2-1-5(7)4-9/h8-9,11,13-14,21H,1-7,10H2;7,10H,6H2,1-5H3;1-3,10H. The molecule has 1 aromatic carbocycles. The quantitative estimate of drug-likeness (QED) is 0.440. The van der Waals surface area contributed by atoms with Crippen molar-refractivity contribution in [2.24, 2.45) is 10.8 Å². The fourth-order valence-corrected chi connectivity index (χ4v) is 7.14. The zero-order valence-electron chi connectivity index (χ0n) is 25.0. The minimum atomic E-state index is -0.125. The molecular weight excluding hydrogens is 540 g/mol. The molecule has 2 aliphatic heterocycles. The van der Waals surface area contributed by atoms with Gasteiger partial charge in [-0.1, -0.05) is 39.3 Å². The Morgan fingerprint density at radius 2 is 1.73 bits per heavy atom. The van der Waals surface area contributed by atoms with Crippen molar-refractivity contribution in [3.8, 4) is 11.8 Å². The molecule has 1 unspecified atom stereocenters. The molecule has 0 spiro atoms. The minimum Gasteiger partial charge on any atom is -0.508 e. The third kappa shape index (κ3) is 8.86. The van der Waals surface area contributed by atoms with Crippen LogP contribution in [0.15, 0.2) is 30.6 Å². The number of hydrogen-bond acceptors (Lipinski definition) is 9. The van der Waals surface area contributed by atoms with E-state index in [-0.39, 0.29) is 16.9 Å². The van der Waals surface area contributed by atoms with E-state index in [1.165, 1.54) is 31.0 Å². The lowest BCUT2D eigenvalue weighted by molar-refractivity contribution is -0.0364. The van der Waals surface area contributed by atoms with Gasteiger partial charge in [-0.2, -0.15) is 5.26 Å². The minimum absolute atomic E-state index is 0.0731. The van der Waals surface area contributed by atoms with Gasteiger partial charge in [0.15, 0.2) is 6.29 Å². The fraction of sp³-hybridized carbons (Fsp3) is 0.613. The van der Waals surface area contributed by atoms with Crippen molar-refractivity contribution in [2.75, 3.05) is 38.1 Å². The first-order chi connectivity index (χ1) is 19.4. The van der Waals surface area contributed by atoms with Crippen LogP contribution in [0.25, 0.3) is 0 Å². The molecule has 0 amide bonds. The number of piperidine rings is 2. The van der Waals surface area contributed by atoms with Crippen LogP contribution in [0, 0.1) is 22.2 Å². The summed E-state index contributed by atoms with van der Waals surface area (Å²) in [5.74, 6) is 0.784. The smallest absolute Gasteiger partial charge is 0.225 e. The number of rotatable bonds is 4. The number of aromatic hydroxyl groups is 1. The van der Waals surface area contributed by atoms with Crippen LogP contribution in [0.5, 0.6) is 5.75 Å². The maximum atomic E-state index is 10.7. The average molecular weight is 585 g/mol. The van der Waals surface area contributed by atoms with E-state index in [2.05, 4.69) is 59.8 Å². The summed E-state index contributed by atoms with van der Waals surface area (Å²) < 4.78 is 0. The van der Waals surface area contributed by atoms with Crippen molar-refractivity contribution >= 4 is 23.8 Å². The van der Waals surface area contributed by atoms with Gasteiger partial charge in [0, 0.05) is 50.7 Å². The third-order valence-corrected chi connectivity index (χ3v) is 8.64. The molecule has 9 nitrogen and oxygen atoms in total. The van der Waals surface area contributed by atoms with Crippen LogP contribution in [0.4, 0.5) is 5.95 Å². The molecule has 2 saturated heterocycles. The number of aliphatic hydroxyl groups is 1. The van der Waals surface area contributed by atoms with Crippen molar-refractivity contribution < 1.29 is 15.0 Å². The lowest BCUT2D eigenvalue weighted by atomic mass is 9.52. The second-order valence-electron chi connectivity index (χ2n) is 12.6. The summed E-state index contributed by atoms with van der Waals surface area (Å²) in [4.78, 5) is 23.9. The number of likely N-dealkylation sites (tertiary alicyclic amines) is 1. The van der Waals surface area contributed by atoms with Gasteiger partial charge in [0.05, 0.1) is 22.3 Å². The lowest BCUT2D eigenvalue weighted by Crippen LogP contribution is -2.61. The molecule has 5 rings (SSSR count). The molecule has 0 bridgehead atoms. The highest BCUT2D eigenvalue weighted by Gasteiger charge is 2.51. The Morgan fingerprint density at radius 1 is 1.10 bits per heavy atom. The number of nitrogens with zero attached hydrogens (tertiary/aromatic N) is 5. The van der Waals surface area contributed by atoms with Gasteiger partial charge >= 0.3 is 0 Å². The lowest BCUT2D eigenvalue weighted by Gasteiger charge is -2.57. The molecule has 3 N–H and O–H groups in total. The Hall–Kier alpha value is -2.77. The van der Waals surface area contributed by atoms with Crippen LogP contribution in [-0.4, -0.2) is 82.8 Å². The molecule has 3 fully saturated rings. The van der Waals surface area contributed by atoms with Gasteiger partial charge in [-0.05, 0) is 68.2 Å². The van der Waals surface area contributed by atoms with Gasteiger partial charge in [-0.25, -0.2) is 9.97 Å². The highest BCUT2D eigenvalue weighted by molar-refractivity contribution is 6.31. The summed E-state index contributed by atoms with van der Waals surface area (Å²) in [5.41, 5.74) is 1.91. The van der Waals surface area contributed by atoms with E-state index < -0.39 is 0 Å². The molecule has 41 heavy (non-hydrogen) atoms. The molecule has 3 heterocycles. The molecule has 2 aromatic rings. The highest BCUT2D eigenvalue weighted by atomic mass is 35.5. The first-order valence-corrected chi connectivity index (χ1v) is 14.8. The monoisotopic (exact) mass is 584 g/mol. The molecule has 1 atom stereocenters. The number of phenolic OH excluding ortho intramolecular Hbond substituents is 1. The summed E-state index contributed by atoms with van der Waals surface area (Å²) in [5, 5.41) is 30.5. The first kappa shape index (κ1) is 32.7. The van der Waals surface area contributed by atoms with Crippen molar-refractivity contribution in [3.05, 3.63) is 46.7 Å². The first-order valence-electron chi connectivity index (χ1n) is 14.4.